The SMILES string of the molecule is CC(C)=CCC[C@](C)(O)C1CC[C@]2(C)C1CCC1[C@@]3(C)CCC(=O)C(C)(C)C3CC[C@]12C. The van der Waals surface area contributed by atoms with Crippen molar-refractivity contribution >= 4 is 5.78 Å². The van der Waals surface area contributed by atoms with Crippen molar-refractivity contribution in [3.05, 3.63) is 11.6 Å². The number of carbonyl (C=O) groups excluding carboxylic acids is 1. The number of carbonyl (C=O) groups is 1. The fourth-order valence-electron chi connectivity index (χ4n) is 10.1. The molecule has 4 saturated carbocycles. The van der Waals surface area contributed by atoms with E-state index in [9.17, 15) is 9.90 Å². The highest BCUT2D eigenvalue weighted by molar-refractivity contribution is 5.85. The zero-order valence-corrected chi connectivity index (χ0v) is 22.3. The normalized spacial score (nSPS) is 47.1. The van der Waals surface area contributed by atoms with E-state index >= 15 is 0 Å². The molecule has 0 bridgehead atoms. The van der Waals surface area contributed by atoms with E-state index in [4.69, 9.17) is 0 Å². The zero-order valence-electron chi connectivity index (χ0n) is 22.3. The summed E-state index contributed by atoms with van der Waals surface area (Å²) < 4.78 is 0. The van der Waals surface area contributed by atoms with Crippen LogP contribution in [-0.2, 0) is 4.79 Å². The third-order valence-corrected chi connectivity index (χ3v) is 12.1. The highest BCUT2D eigenvalue weighted by atomic mass is 16.3. The average molecular weight is 443 g/mol. The van der Waals surface area contributed by atoms with Crippen molar-refractivity contribution in [1.29, 1.82) is 0 Å². The minimum atomic E-state index is -0.572. The Hall–Kier alpha value is -0.630. The van der Waals surface area contributed by atoms with Gasteiger partial charge in [0, 0.05) is 11.8 Å². The molecular weight excluding hydrogens is 392 g/mol. The standard InChI is InChI=1S/C30H50O2/c1-20(2)10-9-16-30(8,32)22-13-18-28(6)21(22)11-12-24-27(5)17-15-25(31)26(3,4)23(27)14-19-29(24,28)7/h10,21-24,32H,9,11-19H2,1-8H3/t21?,22?,23?,24?,27-,28+,29+,30-/m0/s1. The van der Waals surface area contributed by atoms with Gasteiger partial charge in [0.1, 0.15) is 5.78 Å². The molecule has 0 heterocycles. The molecule has 4 aliphatic rings. The maximum atomic E-state index is 12.8. The van der Waals surface area contributed by atoms with Crippen molar-refractivity contribution in [2.24, 2.45) is 45.3 Å². The third kappa shape index (κ3) is 3.32. The number of ketones is 1. The summed E-state index contributed by atoms with van der Waals surface area (Å²) in [5.74, 6) is 2.78. The van der Waals surface area contributed by atoms with Gasteiger partial charge in [-0.3, -0.25) is 4.79 Å². The van der Waals surface area contributed by atoms with E-state index in [1.807, 2.05) is 0 Å². The van der Waals surface area contributed by atoms with Gasteiger partial charge in [-0.05, 0) is 118 Å². The maximum Gasteiger partial charge on any atom is 0.138 e. The molecule has 32 heavy (non-hydrogen) atoms. The summed E-state index contributed by atoms with van der Waals surface area (Å²) in [6.07, 6.45) is 13.5. The van der Waals surface area contributed by atoms with Gasteiger partial charge >= 0.3 is 0 Å². The Morgan fingerprint density at radius 2 is 1.62 bits per heavy atom. The molecule has 0 aromatic heterocycles. The number of allylic oxidation sites excluding steroid dienone is 2. The lowest BCUT2D eigenvalue weighted by Crippen LogP contribution is -2.63. The van der Waals surface area contributed by atoms with Gasteiger partial charge in [-0.1, -0.05) is 46.3 Å². The Kier molecular flexibility index (Phi) is 5.89. The Bertz CT molecular complexity index is 787. The fourth-order valence-corrected chi connectivity index (χ4v) is 10.1. The molecule has 2 heteroatoms. The van der Waals surface area contributed by atoms with Gasteiger partial charge in [0.25, 0.3) is 0 Å². The molecule has 0 spiro atoms. The Morgan fingerprint density at radius 3 is 2.28 bits per heavy atom. The summed E-state index contributed by atoms with van der Waals surface area (Å²) in [7, 11) is 0. The quantitative estimate of drug-likeness (QED) is 0.452. The van der Waals surface area contributed by atoms with E-state index in [1.165, 1.54) is 44.1 Å². The molecule has 4 aliphatic carbocycles. The van der Waals surface area contributed by atoms with Crippen molar-refractivity contribution in [1.82, 2.24) is 0 Å². The number of hydrogen-bond donors (Lipinski definition) is 1. The van der Waals surface area contributed by atoms with Crippen LogP contribution in [0.1, 0.15) is 120 Å². The number of hydrogen-bond acceptors (Lipinski definition) is 2. The minimum Gasteiger partial charge on any atom is -0.390 e. The van der Waals surface area contributed by atoms with Crippen LogP contribution >= 0.6 is 0 Å². The van der Waals surface area contributed by atoms with Gasteiger partial charge in [-0.15, -0.1) is 0 Å². The summed E-state index contributed by atoms with van der Waals surface area (Å²) >= 11 is 0. The molecule has 2 nitrogen and oxygen atoms in total. The van der Waals surface area contributed by atoms with Gasteiger partial charge in [-0.2, -0.15) is 0 Å². The van der Waals surface area contributed by atoms with E-state index in [-0.39, 0.29) is 10.8 Å². The number of rotatable bonds is 4. The zero-order chi connectivity index (χ0) is 23.7. The first kappa shape index (κ1) is 24.5. The molecule has 0 aromatic rings. The Labute approximate surface area is 198 Å². The van der Waals surface area contributed by atoms with Gasteiger partial charge in [0.2, 0.25) is 0 Å². The van der Waals surface area contributed by atoms with E-state index in [1.54, 1.807) is 0 Å². The molecule has 4 fully saturated rings. The molecule has 0 aromatic carbocycles. The van der Waals surface area contributed by atoms with Crippen LogP contribution in [-0.4, -0.2) is 16.5 Å². The van der Waals surface area contributed by atoms with Crippen molar-refractivity contribution in [3.63, 3.8) is 0 Å². The summed E-state index contributed by atoms with van der Waals surface area (Å²) in [6, 6.07) is 0. The van der Waals surface area contributed by atoms with Crippen molar-refractivity contribution in [3.8, 4) is 0 Å². The predicted molar refractivity (Wildman–Crippen MR) is 133 cm³/mol. The average Bonchev–Trinajstić information content (AvgIpc) is 3.04. The van der Waals surface area contributed by atoms with E-state index in [0.29, 0.717) is 40.3 Å². The van der Waals surface area contributed by atoms with E-state index in [0.717, 1.165) is 25.7 Å². The first-order valence-corrected chi connectivity index (χ1v) is 13.6. The largest absolute Gasteiger partial charge is 0.390 e. The number of aliphatic hydroxyl groups is 1. The summed E-state index contributed by atoms with van der Waals surface area (Å²) in [6.45, 7) is 18.7. The molecule has 8 atom stereocenters. The first-order chi connectivity index (χ1) is 14.7. The lowest BCUT2D eigenvalue weighted by molar-refractivity contribution is -0.207. The van der Waals surface area contributed by atoms with Gasteiger partial charge in [0.05, 0.1) is 5.60 Å². The maximum absolute atomic E-state index is 12.8. The van der Waals surface area contributed by atoms with Crippen LogP contribution in [0.25, 0.3) is 0 Å². The van der Waals surface area contributed by atoms with Crippen LogP contribution in [0, 0.1) is 45.3 Å². The van der Waals surface area contributed by atoms with Crippen LogP contribution in [0.4, 0.5) is 0 Å². The Morgan fingerprint density at radius 1 is 0.969 bits per heavy atom. The molecule has 182 valence electrons. The predicted octanol–water partition coefficient (Wildman–Crippen LogP) is 7.74. The van der Waals surface area contributed by atoms with Crippen molar-refractivity contribution < 1.29 is 9.90 Å². The van der Waals surface area contributed by atoms with Crippen LogP contribution in [0.3, 0.4) is 0 Å². The summed E-state index contributed by atoms with van der Waals surface area (Å²) in [4.78, 5) is 12.8. The second kappa shape index (κ2) is 7.69. The monoisotopic (exact) mass is 442 g/mol. The minimum absolute atomic E-state index is 0.168. The van der Waals surface area contributed by atoms with Gasteiger partial charge in [-0.25, -0.2) is 0 Å². The molecule has 4 rings (SSSR count). The topological polar surface area (TPSA) is 37.3 Å². The number of Topliss-reactive ketones (excluding diaryl/α,β-unsaturated/α-hetero) is 1. The highest BCUT2D eigenvalue weighted by Gasteiger charge is 2.69. The summed E-state index contributed by atoms with van der Waals surface area (Å²) in [5.41, 5.74) is 1.52. The number of fused-ring (bicyclic) bond motifs is 5. The molecule has 0 aliphatic heterocycles. The lowest BCUT2D eigenvalue weighted by Gasteiger charge is -2.69. The van der Waals surface area contributed by atoms with Crippen LogP contribution in [0.2, 0.25) is 0 Å². The van der Waals surface area contributed by atoms with Gasteiger partial charge < -0.3 is 5.11 Å². The van der Waals surface area contributed by atoms with Crippen LogP contribution in [0.5, 0.6) is 0 Å². The molecule has 0 amide bonds. The van der Waals surface area contributed by atoms with Crippen molar-refractivity contribution in [2.75, 3.05) is 0 Å². The fraction of sp³-hybridized carbons (Fsp3) is 0.900. The van der Waals surface area contributed by atoms with E-state index < -0.39 is 5.60 Å². The van der Waals surface area contributed by atoms with Crippen LogP contribution in [0.15, 0.2) is 11.6 Å². The van der Waals surface area contributed by atoms with E-state index in [2.05, 4.69) is 61.5 Å². The second-order valence-electron chi connectivity index (χ2n) is 14.1. The smallest absolute Gasteiger partial charge is 0.138 e. The third-order valence-electron chi connectivity index (χ3n) is 12.1. The first-order valence-electron chi connectivity index (χ1n) is 13.6. The molecule has 0 saturated heterocycles. The van der Waals surface area contributed by atoms with Gasteiger partial charge in [0.15, 0.2) is 0 Å². The van der Waals surface area contributed by atoms with Crippen LogP contribution < -0.4 is 0 Å². The molecule has 0 radical (unpaired) electrons. The Balaban J connectivity index is 1.62. The molecule has 1 N–H and O–H groups in total. The molecular formula is C30H50O2. The lowest BCUT2D eigenvalue weighted by atomic mass is 9.35. The summed E-state index contributed by atoms with van der Waals surface area (Å²) in [5, 5.41) is 11.6. The van der Waals surface area contributed by atoms with Crippen molar-refractivity contribution in [2.45, 2.75) is 125 Å². The molecule has 4 unspecified atom stereocenters. The highest BCUT2D eigenvalue weighted by Crippen LogP contribution is 2.75. The second-order valence-corrected chi connectivity index (χ2v) is 14.1.